The molecule has 0 spiro atoms. The summed E-state index contributed by atoms with van der Waals surface area (Å²) in [5.74, 6) is -0.825. The van der Waals surface area contributed by atoms with E-state index in [-0.39, 0.29) is 12.3 Å². The van der Waals surface area contributed by atoms with Crippen LogP contribution in [0.5, 0.6) is 0 Å². The van der Waals surface area contributed by atoms with E-state index in [9.17, 15) is 15.0 Å². The van der Waals surface area contributed by atoms with Gasteiger partial charge < -0.3 is 15.3 Å². The first-order chi connectivity index (χ1) is 8.54. The Kier molecular flexibility index (Phi) is 6.12. The summed E-state index contributed by atoms with van der Waals surface area (Å²) < 4.78 is 0. The molecular formula is C13H17ClO4. The molecule has 0 aliphatic carbocycles. The molecule has 0 aliphatic heterocycles. The molecule has 18 heavy (non-hydrogen) atoms. The van der Waals surface area contributed by atoms with Gasteiger partial charge in [0.25, 0.3) is 0 Å². The Hall–Kier alpha value is -1.10. The molecule has 0 heterocycles. The molecule has 1 rings (SSSR count). The number of aliphatic hydroxyl groups excluding tert-OH is 2. The maximum atomic E-state index is 10.4. The molecule has 0 saturated heterocycles. The molecule has 0 aliphatic rings. The number of carbonyl (C=O) groups is 1. The highest BCUT2D eigenvalue weighted by atomic mass is 35.5. The predicted octanol–water partition coefficient (Wildman–Crippen LogP) is 1.73. The first-order valence-corrected chi connectivity index (χ1v) is 6.30. The minimum Gasteiger partial charge on any atom is -0.481 e. The zero-order valence-corrected chi connectivity index (χ0v) is 10.7. The minimum atomic E-state index is -0.990. The summed E-state index contributed by atoms with van der Waals surface area (Å²) in [4.78, 5) is 10.4. The monoisotopic (exact) mass is 272 g/mol. The van der Waals surface area contributed by atoms with E-state index < -0.39 is 18.2 Å². The van der Waals surface area contributed by atoms with Crippen LogP contribution in [0.2, 0.25) is 0 Å². The number of carboxylic acid groups (broad SMARTS) is 1. The highest BCUT2D eigenvalue weighted by Crippen LogP contribution is 2.19. The molecule has 0 bridgehead atoms. The minimum absolute atomic E-state index is 0.0263. The smallest absolute Gasteiger partial charge is 0.303 e. The summed E-state index contributed by atoms with van der Waals surface area (Å²) in [5, 5.41) is 27.6. The van der Waals surface area contributed by atoms with Gasteiger partial charge in [0.15, 0.2) is 0 Å². The third-order valence-corrected chi connectivity index (χ3v) is 3.02. The third kappa shape index (κ3) is 4.64. The van der Waals surface area contributed by atoms with Crippen LogP contribution in [0.15, 0.2) is 24.3 Å². The summed E-state index contributed by atoms with van der Waals surface area (Å²) in [6, 6.07) is 7.08. The first kappa shape index (κ1) is 15.0. The maximum Gasteiger partial charge on any atom is 0.303 e. The number of benzene rings is 1. The number of alkyl halides is 1. The topological polar surface area (TPSA) is 77.8 Å². The van der Waals surface area contributed by atoms with E-state index in [1.54, 1.807) is 12.1 Å². The van der Waals surface area contributed by atoms with Crippen molar-refractivity contribution < 1.29 is 20.1 Å². The SMILES string of the molecule is O=C(O)CCCc1ccc(C(O)C(O)CCl)cc1. The van der Waals surface area contributed by atoms with Crippen LogP contribution >= 0.6 is 11.6 Å². The molecule has 0 aromatic heterocycles. The van der Waals surface area contributed by atoms with Crippen LogP contribution in [0, 0.1) is 0 Å². The van der Waals surface area contributed by atoms with Crippen LogP contribution in [0.3, 0.4) is 0 Å². The van der Waals surface area contributed by atoms with E-state index in [2.05, 4.69) is 0 Å². The van der Waals surface area contributed by atoms with Crippen molar-refractivity contribution in [2.24, 2.45) is 0 Å². The van der Waals surface area contributed by atoms with Crippen molar-refractivity contribution in [3.05, 3.63) is 35.4 Å². The largest absolute Gasteiger partial charge is 0.481 e. The van der Waals surface area contributed by atoms with Crippen LogP contribution < -0.4 is 0 Å². The second-order valence-electron chi connectivity index (χ2n) is 4.16. The molecule has 0 radical (unpaired) electrons. The average molecular weight is 273 g/mol. The second-order valence-corrected chi connectivity index (χ2v) is 4.46. The van der Waals surface area contributed by atoms with E-state index >= 15 is 0 Å². The van der Waals surface area contributed by atoms with Gasteiger partial charge in [-0.25, -0.2) is 0 Å². The Morgan fingerprint density at radius 3 is 2.33 bits per heavy atom. The first-order valence-electron chi connectivity index (χ1n) is 5.77. The lowest BCUT2D eigenvalue weighted by Gasteiger charge is -2.15. The highest BCUT2D eigenvalue weighted by Gasteiger charge is 2.16. The van der Waals surface area contributed by atoms with Gasteiger partial charge in [0.1, 0.15) is 6.10 Å². The number of carboxylic acids is 1. The highest BCUT2D eigenvalue weighted by molar-refractivity contribution is 6.18. The van der Waals surface area contributed by atoms with Crippen molar-refractivity contribution in [3.63, 3.8) is 0 Å². The van der Waals surface area contributed by atoms with Crippen LogP contribution in [0.25, 0.3) is 0 Å². The quantitative estimate of drug-likeness (QED) is 0.661. The molecule has 0 amide bonds. The number of aliphatic hydroxyl groups is 2. The molecule has 2 atom stereocenters. The molecule has 0 fully saturated rings. The normalized spacial score (nSPS) is 14.2. The van der Waals surface area contributed by atoms with Crippen LogP contribution in [-0.4, -0.2) is 33.3 Å². The number of hydrogen-bond acceptors (Lipinski definition) is 3. The van der Waals surface area contributed by atoms with Crippen molar-refractivity contribution in [2.75, 3.05) is 5.88 Å². The number of aliphatic carboxylic acids is 1. The molecule has 4 nitrogen and oxygen atoms in total. The zero-order chi connectivity index (χ0) is 13.5. The predicted molar refractivity (Wildman–Crippen MR) is 68.7 cm³/mol. The van der Waals surface area contributed by atoms with Gasteiger partial charge in [-0.2, -0.15) is 0 Å². The Morgan fingerprint density at radius 2 is 1.83 bits per heavy atom. The molecule has 3 N–H and O–H groups in total. The summed E-state index contributed by atoms with van der Waals surface area (Å²) in [6.07, 6.45) is -0.558. The van der Waals surface area contributed by atoms with E-state index in [0.29, 0.717) is 18.4 Å². The molecule has 1 aromatic rings. The fourth-order valence-corrected chi connectivity index (χ4v) is 1.80. The summed E-state index contributed by atoms with van der Waals surface area (Å²) in [7, 11) is 0. The standard InChI is InChI=1S/C13H17ClO4/c14-8-11(15)13(18)10-6-4-9(5-7-10)2-1-3-12(16)17/h4-7,11,13,15,18H,1-3,8H2,(H,16,17). The van der Waals surface area contributed by atoms with Crippen LogP contribution in [0.4, 0.5) is 0 Å². The van der Waals surface area contributed by atoms with Crippen molar-refractivity contribution in [3.8, 4) is 0 Å². The Bertz CT molecular complexity index is 377. The second kappa shape index (κ2) is 7.36. The Labute approximate surface area is 111 Å². The third-order valence-electron chi connectivity index (χ3n) is 2.70. The number of rotatable bonds is 7. The Balaban J connectivity index is 2.54. The lowest BCUT2D eigenvalue weighted by Crippen LogP contribution is -2.19. The maximum absolute atomic E-state index is 10.4. The van der Waals surface area contributed by atoms with Gasteiger partial charge in [-0.3, -0.25) is 4.79 Å². The molecule has 1 aromatic carbocycles. The molecule has 0 saturated carbocycles. The number of aryl methyl sites for hydroxylation is 1. The van der Waals surface area contributed by atoms with Crippen molar-refractivity contribution in [2.45, 2.75) is 31.5 Å². The molecule has 5 heteroatoms. The van der Waals surface area contributed by atoms with Crippen molar-refractivity contribution in [1.82, 2.24) is 0 Å². The van der Waals surface area contributed by atoms with Gasteiger partial charge in [-0.1, -0.05) is 24.3 Å². The van der Waals surface area contributed by atoms with Crippen molar-refractivity contribution in [1.29, 1.82) is 0 Å². The van der Waals surface area contributed by atoms with Crippen LogP contribution in [-0.2, 0) is 11.2 Å². The van der Waals surface area contributed by atoms with Gasteiger partial charge in [0.2, 0.25) is 0 Å². The van der Waals surface area contributed by atoms with E-state index in [1.165, 1.54) is 0 Å². The van der Waals surface area contributed by atoms with Crippen LogP contribution in [0.1, 0.15) is 30.1 Å². The van der Waals surface area contributed by atoms with Gasteiger partial charge in [0, 0.05) is 6.42 Å². The van der Waals surface area contributed by atoms with Gasteiger partial charge in [-0.05, 0) is 24.0 Å². The Morgan fingerprint density at radius 1 is 1.22 bits per heavy atom. The average Bonchev–Trinajstić information content (AvgIpc) is 2.37. The number of halogens is 1. The summed E-state index contributed by atoms with van der Waals surface area (Å²) >= 11 is 5.46. The summed E-state index contributed by atoms with van der Waals surface area (Å²) in [6.45, 7) is 0. The molecule has 100 valence electrons. The lowest BCUT2D eigenvalue weighted by molar-refractivity contribution is -0.137. The fourth-order valence-electron chi connectivity index (χ4n) is 1.63. The van der Waals surface area contributed by atoms with E-state index in [1.807, 2.05) is 12.1 Å². The van der Waals surface area contributed by atoms with Gasteiger partial charge in [0.05, 0.1) is 12.0 Å². The fraction of sp³-hybridized carbons (Fsp3) is 0.462. The van der Waals surface area contributed by atoms with E-state index in [4.69, 9.17) is 16.7 Å². The summed E-state index contributed by atoms with van der Waals surface area (Å²) in [5.41, 5.74) is 1.61. The van der Waals surface area contributed by atoms with Gasteiger partial charge >= 0.3 is 5.97 Å². The molecule has 2 unspecified atom stereocenters. The van der Waals surface area contributed by atoms with Gasteiger partial charge in [-0.15, -0.1) is 11.6 Å². The van der Waals surface area contributed by atoms with Crippen molar-refractivity contribution >= 4 is 17.6 Å². The lowest BCUT2D eigenvalue weighted by atomic mass is 10.0. The number of hydrogen-bond donors (Lipinski definition) is 3. The zero-order valence-electron chi connectivity index (χ0n) is 9.92. The van der Waals surface area contributed by atoms with E-state index in [0.717, 1.165) is 5.56 Å². The molecular weight excluding hydrogens is 256 g/mol.